The van der Waals surface area contributed by atoms with Crippen molar-refractivity contribution < 1.29 is 5.11 Å². The average molecular weight is 235 g/mol. The molecule has 2 N–H and O–H groups in total. The van der Waals surface area contributed by atoms with Crippen LogP contribution in [0.25, 0.3) is 0 Å². The Morgan fingerprint density at radius 1 is 1.06 bits per heavy atom. The van der Waals surface area contributed by atoms with Crippen molar-refractivity contribution in [1.82, 2.24) is 5.32 Å². The van der Waals surface area contributed by atoms with Crippen LogP contribution in [0.3, 0.4) is 0 Å². The first-order valence-electron chi connectivity index (χ1n) is 6.59. The third kappa shape index (κ3) is 6.32. The summed E-state index contributed by atoms with van der Waals surface area (Å²) in [5.41, 5.74) is 1.27. The van der Waals surface area contributed by atoms with Crippen molar-refractivity contribution in [2.75, 3.05) is 6.54 Å². The molecule has 0 aliphatic heterocycles. The number of phenols is 1. The molecule has 0 aliphatic rings. The van der Waals surface area contributed by atoms with E-state index in [9.17, 15) is 5.11 Å². The minimum absolute atomic E-state index is 0.340. The standard InChI is InChI=1S/C15H25NO/c1-12(2)4-5-13(3)16-11-10-14-6-8-15(17)9-7-14/h6-9,12-13,16-17H,4-5,10-11H2,1-3H3. The molecule has 1 rings (SSSR count). The lowest BCUT2D eigenvalue weighted by molar-refractivity contribution is 0.453. The number of rotatable bonds is 7. The van der Waals surface area contributed by atoms with Crippen molar-refractivity contribution in [3.05, 3.63) is 29.8 Å². The second kappa shape index (κ2) is 7.33. The third-order valence-corrected chi connectivity index (χ3v) is 3.02. The Bertz CT molecular complexity index is 305. The Morgan fingerprint density at radius 2 is 1.71 bits per heavy atom. The number of phenolic OH excluding ortho intramolecular Hbond substituents is 1. The van der Waals surface area contributed by atoms with E-state index in [1.54, 1.807) is 12.1 Å². The van der Waals surface area contributed by atoms with Crippen LogP contribution >= 0.6 is 0 Å². The van der Waals surface area contributed by atoms with Crippen molar-refractivity contribution in [3.8, 4) is 5.75 Å². The second-order valence-corrected chi connectivity index (χ2v) is 5.24. The first-order valence-corrected chi connectivity index (χ1v) is 6.59. The zero-order valence-corrected chi connectivity index (χ0v) is 11.2. The highest BCUT2D eigenvalue weighted by Gasteiger charge is 2.02. The summed E-state index contributed by atoms with van der Waals surface area (Å²) in [6.45, 7) is 7.79. The van der Waals surface area contributed by atoms with E-state index >= 15 is 0 Å². The van der Waals surface area contributed by atoms with Crippen LogP contribution in [-0.2, 0) is 6.42 Å². The van der Waals surface area contributed by atoms with Crippen molar-refractivity contribution in [1.29, 1.82) is 0 Å². The Labute approximate surface area is 105 Å². The number of hydrogen-bond donors (Lipinski definition) is 2. The van der Waals surface area contributed by atoms with Crippen LogP contribution in [0.4, 0.5) is 0 Å². The fourth-order valence-electron chi connectivity index (χ4n) is 1.81. The Morgan fingerprint density at radius 3 is 2.29 bits per heavy atom. The monoisotopic (exact) mass is 235 g/mol. The molecule has 0 aromatic heterocycles. The molecule has 1 aromatic carbocycles. The van der Waals surface area contributed by atoms with Gasteiger partial charge in [0.05, 0.1) is 0 Å². The molecular weight excluding hydrogens is 210 g/mol. The van der Waals surface area contributed by atoms with E-state index in [1.807, 2.05) is 12.1 Å². The van der Waals surface area contributed by atoms with E-state index in [0.717, 1.165) is 18.9 Å². The normalized spacial score (nSPS) is 12.9. The van der Waals surface area contributed by atoms with Crippen LogP contribution in [0, 0.1) is 5.92 Å². The molecular formula is C15H25NO. The maximum atomic E-state index is 9.18. The lowest BCUT2D eigenvalue weighted by Gasteiger charge is -2.14. The van der Waals surface area contributed by atoms with Gasteiger partial charge in [0, 0.05) is 6.04 Å². The summed E-state index contributed by atoms with van der Waals surface area (Å²) in [5.74, 6) is 1.13. The van der Waals surface area contributed by atoms with Crippen molar-refractivity contribution in [2.24, 2.45) is 5.92 Å². The predicted octanol–water partition coefficient (Wildman–Crippen LogP) is 3.35. The van der Waals surface area contributed by atoms with Crippen LogP contribution in [-0.4, -0.2) is 17.7 Å². The number of nitrogens with one attached hydrogen (secondary N) is 1. The maximum Gasteiger partial charge on any atom is 0.115 e. The van der Waals surface area contributed by atoms with E-state index < -0.39 is 0 Å². The minimum atomic E-state index is 0.340. The molecule has 0 saturated carbocycles. The Balaban J connectivity index is 2.16. The Hall–Kier alpha value is -1.02. The van der Waals surface area contributed by atoms with Gasteiger partial charge in [-0.1, -0.05) is 26.0 Å². The van der Waals surface area contributed by atoms with Crippen LogP contribution in [0.15, 0.2) is 24.3 Å². The van der Waals surface area contributed by atoms with Gasteiger partial charge < -0.3 is 10.4 Å². The fraction of sp³-hybridized carbons (Fsp3) is 0.600. The molecule has 0 bridgehead atoms. The molecule has 1 aromatic rings. The van der Waals surface area contributed by atoms with Crippen molar-refractivity contribution in [2.45, 2.75) is 46.1 Å². The van der Waals surface area contributed by atoms with Gasteiger partial charge in [0.15, 0.2) is 0 Å². The maximum absolute atomic E-state index is 9.18. The molecule has 17 heavy (non-hydrogen) atoms. The predicted molar refractivity (Wildman–Crippen MR) is 73.3 cm³/mol. The van der Waals surface area contributed by atoms with Gasteiger partial charge in [-0.15, -0.1) is 0 Å². The summed E-state index contributed by atoms with van der Waals surface area (Å²) in [6, 6.07) is 8.05. The summed E-state index contributed by atoms with van der Waals surface area (Å²) in [5, 5.41) is 12.7. The highest BCUT2D eigenvalue weighted by atomic mass is 16.3. The topological polar surface area (TPSA) is 32.3 Å². The van der Waals surface area contributed by atoms with E-state index in [2.05, 4.69) is 26.1 Å². The lowest BCUT2D eigenvalue weighted by atomic mass is 10.0. The van der Waals surface area contributed by atoms with Gasteiger partial charge >= 0.3 is 0 Å². The highest BCUT2D eigenvalue weighted by Crippen LogP contribution is 2.10. The summed E-state index contributed by atoms with van der Waals surface area (Å²) in [6.07, 6.45) is 3.55. The number of benzene rings is 1. The fourth-order valence-corrected chi connectivity index (χ4v) is 1.81. The highest BCUT2D eigenvalue weighted by molar-refractivity contribution is 5.25. The second-order valence-electron chi connectivity index (χ2n) is 5.24. The van der Waals surface area contributed by atoms with Gasteiger partial charge in [0.1, 0.15) is 5.75 Å². The van der Waals surface area contributed by atoms with E-state index in [-0.39, 0.29) is 0 Å². The lowest BCUT2D eigenvalue weighted by Crippen LogP contribution is -2.28. The van der Waals surface area contributed by atoms with Gasteiger partial charge in [0.2, 0.25) is 0 Å². The molecule has 2 heteroatoms. The molecule has 0 aliphatic carbocycles. The van der Waals surface area contributed by atoms with E-state index in [0.29, 0.717) is 11.8 Å². The zero-order chi connectivity index (χ0) is 12.7. The largest absolute Gasteiger partial charge is 0.508 e. The molecule has 96 valence electrons. The van der Waals surface area contributed by atoms with Crippen LogP contribution in [0.1, 0.15) is 39.2 Å². The minimum Gasteiger partial charge on any atom is -0.508 e. The molecule has 0 saturated heterocycles. The molecule has 1 unspecified atom stereocenters. The summed E-state index contributed by atoms with van der Waals surface area (Å²) < 4.78 is 0. The third-order valence-electron chi connectivity index (χ3n) is 3.02. The first kappa shape index (κ1) is 14.0. The molecule has 0 amide bonds. The van der Waals surface area contributed by atoms with Crippen molar-refractivity contribution >= 4 is 0 Å². The SMILES string of the molecule is CC(C)CCC(C)NCCc1ccc(O)cc1. The molecule has 1 atom stereocenters. The van der Waals surface area contributed by atoms with E-state index in [4.69, 9.17) is 0 Å². The average Bonchev–Trinajstić information content (AvgIpc) is 2.29. The van der Waals surface area contributed by atoms with Crippen LogP contribution in [0.2, 0.25) is 0 Å². The summed E-state index contributed by atoms with van der Waals surface area (Å²) >= 11 is 0. The zero-order valence-electron chi connectivity index (χ0n) is 11.2. The first-order chi connectivity index (χ1) is 8.08. The summed E-state index contributed by atoms with van der Waals surface area (Å²) in [7, 11) is 0. The molecule has 0 radical (unpaired) electrons. The smallest absolute Gasteiger partial charge is 0.115 e. The van der Waals surface area contributed by atoms with Crippen LogP contribution in [0.5, 0.6) is 5.75 Å². The quantitative estimate of drug-likeness (QED) is 0.759. The number of hydrogen-bond acceptors (Lipinski definition) is 2. The van der Waals surface area contributed by atoms with Gasteiger partial charge in [-0.05, 0) is 56.3 Å². The van der Waals surface area contributed by atoms with E-state index in [1.165, 1.54) is 18.4 Å². The molecule has 0 fully saturated rings. The summed E-state index contributed by atoms with van der Waals surface area (Å²) in [4.78, 5) is 0. The van der Waals surface area contributed by atoms with Crippen LogP contribution < -0.4 is 5.32 Å². The Kier molecular flexibility index (Phi) is 6.06. The van der Waals surface area contributed by atoms with Gasteiger partial charge in [-0.25, -0.2) is 0 Å². The van der Waals surface area contributed by atoms with Crippen molar-refractivity contribution in [3.63, 3.8) is 0 Å². The molecule has 0 spiro atoms. The van der Waals surface area contributed by atoms with Gasteiger partial charge in [-0.2, -0.15) is 0 Å². The number of aromatic hydroxyl groups is 1. The molecule has 0 heterocycles. The van der Waals surface area contributed by atoms with Gasteiger partial charge in [0.25, 0.3) is 0 Å². The molecule has 2 nitrogen and oxygen atoms in total. The van der Waals surface area contributed by atoms with Gasteiger partial charge in [-0.3, -0.25) is 0 Å².